The number of para-hydroxylation sites is 1. The van der Waals surface area contributed by atoms with E-state index in [4.69, 9.17) is 9.47 Å². The van der Waals surface area contributed by atoms with E-state index in [0.29, 0.717) is 41.5 Å². The largest absolute Gasteiger partial charge is 0.490 e. The summed E-state index contributed by atoms with van der Waals surface area (Å²) in [7, 11) is 0. The van der Waals surface area contributed by atoms with E-state index in [-0.39, 0.29) is 18.0 Å². The van der Waals surface area contributed by atoms with E-state index in [2.05, 4.69) is 12.2 Å². The number of nitrogens with one attached hydrogen (secondary N) is 1. The first-order valence-corrected chi connectivity index (χ1v) is 11.9. The first-order chi connectivity index (χ1) is 17.5. The monoisotopic (exact) mass is 487 g/mol. The van der Waals surface area contributed by atoms with Crippen LogP contribution in [0.3, 0.4) is 0 Å². The molecule has 0 saturated heterocycles. The number of aromatic nitrogens is 2. The maximum absolute atomic E-state index is 13.6. The SMILES string of the molecule is CCOc1cccc2c1Oc1c(c(=O)n(-c3ccc(CC)cc3)n1CC(=O)Nc1cccc(F)c1)C2. The lowest BCUT2D eigenvalue weighted by Crippen LogP contribution is -2.27. The number of halogens is 1. The molecule has 0 atom stereocenters. The fourth-order valence-corrected chi connectivity index (χ4v) is 4.39. The maximum atomic E-state index is 13.6. The lowest BCUT2D eigenvalue weighted by atomic mass is 10.0. The molecule has 1 aliphatic rings. The van der Waals surface area contributed by atoms with Gasteiger partial charge in [0.15, 0.2) is 11.5 Å². The van der Waals surface area contributed by atoms with Crippen molar-refractivity contribution in [1.82, 2.24) is 9.36 Å². The van der Waals surface area contributed by atoms with E-state index in [0.717, 1.165) is 17.5 Å². The molecule has 7 nitrogen and oxygen atoms in total. The van der Waals surface area contributed by atoms with Gasteiger partial charge in [-0.25, -0.2) is 13.8 Å². The third kappa shape index (κ3) is 4.37. The Morgan fingerprint density at radius 2 is 1.86 bits per heavy atom. The van der Waals surface area contributed by atoms with Crippen LogP contribution in [0.5, 0.6) is 17.4 Å². The number of anilines is 1. The van der Waals surface area contributed by atoms with Gasteiger partial charge in [0.25, 0.3) is 5.56 Å². The number of amides is 1. The van der Waals surface area contributed by atoms with Crippen LogP contribution >= 0.6 is 0 Å². The summed E-state index contributed by atoms with van der Waals surface area (Å²) in [5, 5.41) is 2.70. The van der Waals surface area contributed by atoms with Crippen molar-refractivity contribution in [2.75, 3.05) is 11.9 Å². The highest BCUT2D eigenvalue weighted by molar-refractivity contribution is 5.90. The van der Waals surface area contributed by atoms with Crippen LogP contribution in [-0.2, 0) is 24.2 Å². The molecule has 0 spiro atoms. The second-order valence-corrected chi connectivity index (χ2v) is 8.49. The summed E-state index contributed by atoms with van der Waals surface area (Å²) in [5.74, 6) is 0.509. The maximum Gasteiger partial charge on any atom is 0.278 e. The quantitative estimate of drug-likeness (QED) is 0.348. The van der Waals surface area contributed by atoms with Gasteiger partial charge in [-0.3, -0.25) is 9.59 Å². The van der Waals surface area contributed by atoms with Gasteiger partial charge < -0.3 is 14.8 Å². The van der Waals surface area contributed by atoms with Crippen LogP contribution in [0.4, 0.5) is 10.1 Å². The lowest BCUT2D eigenvalue weighted by Gasteiger charge is -2.21. The first-order valence-electron chi connectivity index (χ1n) is 11.9. The summed E-state index contributed by atoms with van der Waals surface area (Å²) in [4.78, 5) is 26.7. The van der Waals surface area contributed by atoms with Crippen LogP contribution in [0, 0.1) is 5.82 Å². The normalized spacial score (nSPS) is 11.9. The van der Waals surface area contributed by atoms with Crippen LogP contribution in [0.2, 0.25) is 0 Å². The number of carbonyl (C=O) groups excluding carboxylic acids is 1. The molecule has 0 radical (unpaired) electrons. The van der Waals surface area contributed by atoms with E-state index >= 15 is 0 Å². The summed E-state index contributed by atoms with van der Waals surface area (Å²) >= 11 is 0. The zero-order valence-corrected chi connectivity index (χ0v) is 20.1. The standard InChI is InChI=1S/C28H26FN3O4/c1-3-18-11-13-22(14-12-18)32-27(34)23-15-19-7-5-10-24(35-4-2)26(19)36-28(23)31(32)17-25(33)30-21-9-6-8-20(29)16-21/h5-14,16H,3-4,15,17H2,1-2H3,(H,30,33). The number of nitrogens with zero attached hydrogens (tertiary/aromatic N) is 2. The molecule has 0 saturated carbocycles. The van der Waals surface area contributed by atoms with Crippen molar-refractivity contribution in [1.29, 1.82) is 0 Å². The lowest BCUT2D eigenvalue weighted by molar-refractivity contribution is -0.117. The molecule has 0 aliphatic carbocycles. The van der Waals surface area contributed by atoms with Gasteiger partial charge in [-0.1, -0.05) is 37.3 Å². The van der Waals surface area contributed by atoms with Crippen LogP contribution in [0.1, 0.15) is 30.5 Å². The number of fused-ring (bicyclic) bond motifs is 2. The van der Waals surface area contributed by atoms with Crippen molar-refractivity contribution >= 4 is 11.6 Å². The Hall–Kier alpha value is -4.33. The number of benzene rings is 3. The molecule has 1 amide bonds. The average Bonchev–Trinajstić information content (AvgIpc) is 3.13. The highest BCUT2D eigenvalue weighted by Gasteiger charge is 2.31. The molecule has 184 valence electrons. The molecule has 1 aliphatic heterocycles. The Morgan fingerprint density at radius 1 is 1.08 bits per heavy atom. The molecule has 1 aromatic heterocycles. The smallest absolute Gasteiger partial charge is 0.278 e. The molecule has 3 aromatic carbocycles. The second-order valence-electron chi connectivity index (χ2n) is 8.49. The van der Waals surface area contributed by atoms with E-state index in [1.165, 1.54) is 27.6 Å². The fourth-order valence-electron chi connectivity index (χ4n) is 4.39. The Labute approximate surface area is 207 Å². The zero-order valence-electron chi connectivity index (χ0n) is 20.1. The van der Waals surface area contributed by atoms with Crippen molar-refractivity contribution in [3.63, 3.8) is 0 Å². The zero-order chi connectivity index (χ0) is 25.2. The predicted molar refractivity (Wildman–Crippen MR) is 135 cm³/mol. The van der Waals surface area contributed by atoms with Gasteiger partial charge >= 0.3 is 0 Å². The summed E-state index contributed by atoms with van der Waals surface area (Å²) in [5.41, 5.74) is 3.09. The molecular weight excluding hydrogens is 461 g/mol. The minimum Gasteiger partial charge on any atom is -0.490 e. The number of carbonyl (C=O) groups is 1. The Morgan fingerprint density at radius 3 is 2.58 bits per heavy atom. The summed E-state index contributed by atoms with van der Waals surface area (Å²) in [6.07, 6.45) is 1.21. The van der Waals surface area contributed by atoms with E-state index in [1.54, 1.807) is 6.07 Å². The Balaban J connectivity index is 1.59. The van der Waals surface area contributed by atoms with E-state index in [1.807, 2.05) is 49.4 Å². The van der Waals surface area contributed by atoms with Crippen LogP contribution in [0.25, 0.3) is 5.69 Å². The minimum absolute atomic E-state index is 0.219. The molecule has 0 fully saturated rings. The predicted octanol–water partition coefficient (Wildman–Crippen LogP) is 5.07. The van der Waals surface area contributed by atoms with Crippen LogP contribution in [0.15, 0.2) is 71.5 Å². The van der Waals surface area contributed by atoms with Gasteiger partial charge in [0.05, 0.1) is 17.9 Å². The van der Waals surface area contributed by atoms with Gasteiger partial charge in [0.1, 0.15) is 12.4 Å². The minimum atomic E-state index is -0.456. The van der Waals surface area contributed by atoms with Crippen molar-refractivity contribution in [3.8, 4) is 23.1 Å². The molecule has 2 heterocycles. The van der Waals surface area contributed by atoms with Gasteiger partial charge in [-0.05, 0) is 55.3 Å². The number of hydrogen-bond acceptors (Lipinski definition) is 4. The molecular formula is C28H26FN3O4. The second kappa shape index (κ2) is 9.73. The molecule has 5 rings (SSSR count). The fraction of sp³-hybridized carbons (Fsp3) is 0.214. The van der Waals surface area contributed by atoms with Gasteiger partial charge in [-0.15, -0.1) is 0 Å². The summed E-state index contributed by atoms with van der Waals surface area (Å²) in [6, 6.07) is 18.8. The topological polar surface area (TPSA) is 74.5 Å². The van der Waals surface area contributed by atoms with Crippen LogP contribution < -0.4 is 20.3 Å². The Kier molecular flexibility index (Phi) is 6.33. The third-order valence-corrected chi connectivity index (χ3v) is 6.10. The van der Waals surface area contributed by atoms with Gasteiger partial charge in [0, 0.05) is 17.7 Å². The van der Waals surface area contributed by atoms with Crippen molar-refractivity contribution in [3.05, 3.63) is 99.6 Å². The molecule has 4 aromatic rings. The van der Waals surface area contributed by atoms with Crippen molar-refractivity contribution in [2.24, 2.45) is 0 Å². The van der Waals surface area contributed by atoms with Gasteiger partial charge in [-0.2, -0.15) is 0 Å². The van der Waals surface area contributed by atoms with Gasteiger partial charge in [0.2, 0.25) is 11.8 Å². The molecule has 0 bridgehead atoms. The Bertz CT molecular complexity index is 1490. The first kappa shape index (κ1) is 23.4. The summed E-state index contributed by atoms with van der Waals surface area (Å²) < 4.78 is 28.6. The van der Waals surface area contributed by atoms with E-state index < -0.39 is 11.7 Å². The average molecular weight is 488 g/mol. The highest BCUT2D eigenvalue weighted by atomic mass is 19.1. The number of aryl methyl sites for hydroxylation is 1. The highest BCUT2D eigenvalue weighted by Crippen LogP contribution is 2.42. The molecule has 0 unspecified atom stereocenters. The van der Waals surface area contributed by atoms with E-state index in [9.17, 15) is 14.0 Å². The number of rotatable bonds is 7. The van der Waals surface area contributed by atoms with Crippen LogP contribution in [-0.4, -0.2) is 21.9 Å². The molecule has 36 heavy (non-hydrogen) atoms. The molecule has 1 N–H and O–H groups in total. The number of ether oxygens (including phenoxy) is 2. The summed E-state index contributed by atoms with van der Waals surface area (Å²) in [6.45, 7) is 4.18. The number of hydrogen-bond donors (Lipinski definition) is 1. The third-order valence-electron chi connectivity index (χ3n) is 6.10. The molecule has 8 heteroatoms. The van der Waals surface area contributed by atoms with Crippen molar-refractivity contribution < 1.29 is 18.7 Å². The van der Waals surface area contributed by atoms with Crippen molar-refractivity contribution in [2.45, 2.75) is 33.2 Å².